The quantitative estimate of drug-likeness (QED) is 0.626. The second-order valence-electron chi connectivity index (χ2n) is 7.82. The lowest BCUT2D eigenvalue weighted by Gasteiger charge is -2.23. The molecule has 2 aromatic carbocycles. The highest BCUT2D eigenvalue weighted by molar-refractivity contribution is 7.91. The summed E-state index contributed by atoms with van der Waals surface area (Å²) in [6.07, 6.45) is 3.12. The number of aryl methyl sites for hydroxylation is 1. The van der Waals surface area contributed by atoms with Crippen molar-refractivity contribution in [3.63, 3.8) is 0 Å². The first-order valence-electron chi connectivity index (χ1n) is 9.95. The monoisotopic (exact) mass is 448 g/mol. The van der Waals surface area contributed by atoms with E-state index < -0.39 is 9.84 Å². The van der Waals surface area contributed by atoms with Crippen molar-refractivity contribution in [3.05, 3.63) is 53.7 Å². The van der Waals surface area contributed by atoms with Crippen LogP contribution in [0.15, 0.2) is 52.3 Å². The van der Waals surface area contributed by atoms with E-state index in [1.807, 2.05) is 7.05 Å². The van der Waals surface area contributed by atoms with Gasteiger partial charge < -0.3 is 19.7 Å². The lowest BCUT2D eigenvalue weighted by molar-refractivity contribution is 0.202. The average Bonchev–Trinajstić information content (AvgIpc) is 3.25. The van der Waals surface area contributed by atoms with Crippen LogP contribution in [0.1, 0.15) is 30.1 Å². The zero-order valence-corrected chi connectivity index (χ0v) is 18.3. The number of benzene rings is 2. The molecule has 3 aromatic rings. The number of aromatic nitrogens is 1. The minimum atomic E-state index is -3.68. The number of sulfone groups is 1. The van der Waals surface area contributed by atoms with Gasteiger partial charge in [0.25, 0.3) is 0 Å². The van der Waals surface area contributed by atoms with Crippen molar-refractivity contribution in [3.8, 4) is 5.75 Å². The van der Waals surface area contributed by atoms with Crippen LogP contribution in [0.5, 0.6) is 5.75 Å². The first-order chi connectivity index (χ1) is 14.0. The molecule has 8 heteroatoms. The van der Waals surface area contributed by atoms with E-state index in [2.05, 4.69) is 9.88 Å². The van der Waals surface area contributed by atoms with Gasteiger partial charge in [-0.05, 0) is 36.6 Å². The average molecular weight is 449 g/mol. The summed E-state index contributed by atoms with van der Waals surface area (Å²) in [5, 5.41) is 13.8. The maximum Gasteiger partial charge on any atom is 0.206 e. The molecule has 1 aromatic heterocycles. The van der Waals surface area contributed by atoms with Crippen LogP contribution in [0, 0.1) is 0 Å². The van der Waals surface area contributed by atoms with Crippen molar-refractivity contribution in [2.75, 3.05) is 13.2 Å². The molecule has 3 heterocycles. The third kappa shape index (κ3) is 3.21. The Morgan fingerprint density at radius 2 is 1.93 bits per heavy atom. The van der Waals surface area contributed by atoms with Crippen molar-refractivity contribution in [2.24, 2.45) is 7.05 Å². The molecule has 2 aliphatic rings. The van der Waals surface area contributed by atoms with Crippen molar-refractivity contribution in [1.82, 2.24) is 9.88 Å². The molecular formula is C22H25ClN2O4S. The van der Waals surface area contributed by atoms with Crippen LogP contribution in [0.2, 0.25) is 0 Å². The largest absolute Gasteiger partial charge is 0.489 e. The molecule has 1 saturated heterocycles. The fraction of sp³-hybridized carbons (Fsp3) is 0.364. The molecule has 2 bridgehead atoms. The third-order valence-corrected chi connectivity index (χ3v) is 7.88. The van der Waals surface area contributed by atoms with Gasteiger partial charge in [0.1, 0.15) is 12.4 Å². The van der Waals surface area contributed by atoms with Gasteiger partial charge in [-0.3, -0.25) is 0 Å². The smallest absolute Gasteiger partial charge is 0.206 e. The summed E-state index contributed by atoms with van der Waals surface area (Å²) in [6, 6.07) is 12.6. The van der Waals surface area contributed by atoms with Gasteiger partial charge >= 0.3 is 0 Å². The number of halogens is 1. The van der Waals surface area contributed by atoms with Crippen molar-refractivity contribution in [1.29, 1.82) is 0 Å². The highest BCUT2D eigenvalue weighted by Gasteiger charge is 2.37. The Kier molecular flexibility index (Phi) is 5.57. The predicted molar refractivity (Wildman–Crippen MR) is 117 cm³/mol. The molecule has 1 fully saturated rings. The van der Waals surface area contributed by atoms with E-state index in [1.54, 1.807) is 42.5 Å². The number of aliphatic hydroxyl groups excluding tert-OH is 1. The van der Waals surface area contributed by atoms with E-state index >= 15 is 0 Å². The number of aliphatic hydroxyl groups is 1. The van der Waals surface area contributed by atoms with E-state index in [0.29, 0.717) is 11.8 Å². The number of hydrogen-bond acceptors (Lipinski definition) is 5. The molecule has 30 heavy (non-hydrogen) atoms. The minimum Gasteiger partial charge on any atom is -0.489 e. The molecule has 2 unspecified atom stereocenters. The maximum atomic E-state index is 13.3. The van der Waals surface area contributed by atoms with E-state index in [-0.39, 0.29) is 41.5 Å². The van der Waals surface area contributed by atoms with Crippen molar-refractivity contribution >= 4 is 33.1 Å². The number of nitrogens with zero attached hydrogens (tertiary/aromatic N) is 1. The Morgan fingerprint density at radius 3 is 2.67 bits per heavy atom. The standard InChI is InChI=1S/C22H24N2O4S.ClH/c1-24-19-11-14-7-8-18(23-14)21(19)17-12-16(13-20(22(17)24)28-10-9-25)29(26,27)15-5-3-2-4-6-15;/h2-6,12-14,18,23,25H,7-11H2,1H3;1H. The summed E-state index contributed by atoms with van der Waals surface area (Å²) in [7, 11) is -1.66. The molecule has 0 amide bonds. The third-order valence-electron chi connectivity index (χ3n) is 6.13. The zero-order chi connectivity index (χ0) is 20.2. The van der Waals surface area contributed by atoms with Crippen LogP contribution in [-0.4, -0.2) is 37.3 Å². The first-order valence-corrected chi connectivity index (χ1v) is 11.4. The Balaban J connectivity index is 0.00000218. The minimum absolute atomic E-state index is 0. The summed E-state index contributed by atoms with van der Waals surface area (Å²) in [5.74, 6) is 0.499. The molecule has 2 atom stereocenters. The lowest BCUT2D eigenvalue weighted by Crippen LogP contribution is -2.32. The molecule has 0 aliphatic carbocycles. The van der Waals surface area contributed by atoms with Gasteiger partial charge in [-0.15, -0.1) is 12.4 Å². The van der Waals surface area contributed by atoms with Gasteiger partial charge in [-0.1, -0.05) is 18.2 Å². The molecule has 0 saturated carbocycles. The number of hydrogen-bond donors (Lipinski definition) is 2. The lowest BCUT2D eigenvalue weighted by atomic mass is 9.99. The summed E-state index contributed by atoms with van der Waals surface area (Å²) in [6.45, 7) is -0.0162. The predicted octanol–water partition coefficient (Wildman–Crippen LogP) is 3.15. The summed E-state index contributed by atoms with van der Waals surface area (Å²) in [4.78, 5) is 0.481. The molecule has 160 valence electrons. The molecule has 5 rings (SSSR count). The number of fused-ring (bicyclic) bond motifs is 6. The van der Waals surface area contributed by atoms with E-state index in [9.17, 15) is 13.5 Å². The molecular weight excluding hydrogens is 424 g/mol. The molecule has 0 radical (unpaired) electrons. The van der Waals surface area contributed by atoms with Gasteiger partial charge in [-0.25, -0.2) is 8.42 Å². The van der Waals surface area contributed by atoms with Crippen LogP contribution in [-0.2, 0) is 23.3 Å². The number of rotatable bonds is 5. The van der Waals surface area contributed by atoms with Gasteiger partial charge in [0.15, 0.2) is 0 Å². The van der Waals surface area contributed by atoms with Gasteiger partial charge in [-0.2, -0.15) is 0 Å². The highest BCUT2D eigenvalue weighted by atomic mass is 35.5. The van der Waals surface area contributed by atoms with Crippen molar-refractivity contribution in [2.45, 2.75) is 41.1 Å². The fourth-order valence-corrected chi connectivity index (χ4v) is 6.16. The van der Waals surface area contributed by atoms with Gasteiger partial charge in [0.05, 0.1) is 21.9 Å². The van der Waals surface area contributed by atoms with Crippen LogP contribution in [0.3, 0.4) is 0 Å². The van der Waals surface area contributed by atoms with Crippen LogP contribution < -0.4 is 10.1 Å². The second kappa shape index (κ2) is 7.89. The van der Waals surface area contributed by atoms with Gasteiger partial charge in [0, 0.05) is 42.7 Å². The Morgan fingerprint density at radius 1 is 1.17 bits per heavy atom. The zero-order valence-electron chi connectivity index (χ0n) is 16.7. The molecule has 6 nitrogen and oxygen atoms in total. The van der Waals surface area contributed by atoms with Crippen LogP contribution >= 0.6 is 12.4 Å². The fourth-order valence-electron chi connectivity index (χ4n) is 4.84. The normalized spacial score (nSPS) is 20.1. The molecule has 0 spiro atoms. The Hall–Kier alpha value is -2.06. The topological polar surface area (TPSA) is 80.6 Å². The Bertz CT molecular complexity index is 1190. The van der Waals surface area contributed by atoms with E-state index in [0.717, 1.165) is 30.2 Å². The summed E-state index contributed by atoms with van der Waals surface area (Å²) < 4.78 is 34.6. The first kappa shape index (κ1) is 21.2. The molecule has 2 aliphatic heterocycles. The number of ether oxygens (including phenoxy) is 1. The van der Waals surface area contributed by atoms with E-state index in [4.69, 9.17) is 4.74 Å². The van der Waals surface area contributed by atoms with Crippen LogP contribution in [0.4, 0.5) is 0 Å². The van der Waals surface area contributed by atoms with Gasteiger partial charge in [0.2, 0.25) is 9.84 Å². The SMILES string of the molecule is Cl.Cn1c2c(c3cc(S(=O)(=O)c4ccccc4)cc(OCCO)c31)C1CCC(C2)N1. The van der Waals surface area contributed by atoms with E-state index in [1.165, 1.54) is 11.3 Å². The van der Waals surface area contributed by atoms with Crippen molar-refractivity contribution < 1.29 is 18.3 Å². The summed E-state index contributed by atoms with van der Waals surface area (Å²) in [5.41, 5.74) is 3.33. The second-order valence-corrected chi connectivity index (χ2v) is 9.77. The number of nitrogens with one attached hydrogen (secondary N) is 1. The Labute approximate surface area is 182 Å². The summed E-state index contributed by atoms with van der Waals surface area (Å²) >= 11 is 0. The highest BCUT2D eigenvalue weighted by Crippen LogP contribution is 2.45. The van der Waals surface area contributed by atoms with Crippen LogP contribution in [0.25, 0.3) is 10.9 Å². The molecule has 2 N–H and O–H groups in total. The maximum absolute atomic E-state index is 13.3.